The first kappa shape index (κ1) is 21.5. The Morgan fingerprint density at radius 2 is 1.77 bits per heavy atom. The molecule has 2 aromatic carbocycles. The number of nitrogens with one attached hydrogen (secondary N) is 1. The highest BCUT2D eigenvalue weighted by Gasteiger charge is 2.38. The summed E-state index contributed by atoms with van der Waals surface area (Å²) in [5.41, 5.74) is -0.588. The van der Waals surface area contributed by atoms with Crippen LogP contribution in [0.5, 0.6) is 11.5 Å². The fourth-order valence-corrected chi connectivity index (χ4v) is 3.01. The molecule has 0 bridgehead atoms. The number of rotatable bonds is 7. The lowest BCUT2D eigenvalue weighted by atomic mass is 10.1. The highest BCUT2D eigenvalue weighted by molar-refractivity contribution is 6.39. The van der Waals surface area contributed by atoms with E-state index < -0.39 is 28.3 Å². The SMILES string of the molecule is CCOc1ccc(OCC)c(N2C(=O)NC(=O)/C(=C\c3ccccc3[N+](=O)[O-])C2=O)c1. The number of ether oxygens (including phenoxy) is 2. The zero-order chi connectivity index (χ0) is 22.5. The van der Waals surface area contributed by atoms with Crippen molar-refractivity contribution in [1.29, 1.82) is 0 Å². The number of nitrogens with zero attached hydrogens (tertiary/aromatic N) is 2. The maximum absolute atomic E-state index is 13.2. The maximum Gasteiger partial charge on any atom is 0.336 e. The zero-order valence-corrected chi connectivity index (χ0v) is 16.8. The molecule has 1 fully saturated rings. The van der Waals surface area contributed by atoms with Gasteiger partial charge in [-0.3, -0.25) is 25.0 Å². The second kappa shape index (κ2) is 9.08. The first-order valence-corrected chi connectivity index (χ1v) is 9.41. The van der Waals surface area contributed by atoms with Crippen LogP contribution in [0.3, 0.4) is 0 Å². The smallest absolute Gasteiger partial charge is 0.336 e. The summed E-state index contributed by atoms with van der Waals surface area (Å²) in [6.45, 7) is 4.14. The Morgan fingerprint density at radius 1 is 1.06 bits per heavy atom. The Labute approximate surface area is 177 Å². The van der Waals surface area contributed by atoms with Gasteiger partial charge in [0.1, 0.15) is 17.1 Å². The van der Waals surface area contributed by atoms with Crippen molar-refractivity contribution in [2.75, 3.05) is 18.1 Å². The molecule has 1 heterocycles. The molecule has 10 nitrogen and oxygen atoms in total. The Balaban J connectivity index is 2.11. The number of benzene rings is 2. The van der Waals surface area contributed by atoms with Crippen molar-refractivity contribution in [2.24, 2.45) is 0 Å². The molecule has 0 aliphatic carbocycles. The standard InChI is InChI=1S/C21H19N3O7/c1-3-30-14-9-10-18(31-4-2)17(12-14)23-20(26)15(19(25)22-21(23)27)11-13-7-5-6-8-16(13)24(28)29/h5-12H,3-4H2,1-2H3,(H,22,25,27)/b15-11+. The summed E-state index contributed by atoms with van der Waals surface area (Å²) in [4.78, 5) is 49.5. The highest BCUT2D eigenvalue weighted by Crippen LogP contribution is 2.35. The summed E-state index contributed by atoms with van der Waals surface area (Å²) >= 11 is 0. The van der Waals surface area contributed by atoms with Crippen LogP contribution in [0.2, 0.25) is 0 Å². The molecule has 0 atom stereocenters. The van der Waals surface area contributed by atoms with Gasteiger partial charge >= 0.3 is 6.03 Å². The Kier molecular flexibility index (Phi) is 6.29. The molecule has 2 aromatic rings. The minimum Gasteiger partial charge on any atom is -0.494 e. The number of carbonyl (C=O) groups excluding carboxylic acids is 3. The topological polar surface area (TPSA) is 128 Å². The largest absolute Gasteiger partial charge is 0.494 e. The van der Waals surface area contributed by atoms with Crippen LogP contribution in [0.15, 0.2) is 48.0 Å². The first-order chi connectivity index (χ1) is 14.9. The van der Waals surface area contributed by atoms with Crippen LogP contribution >= 0.6 is 0 Å². The summed E-state index contributed by atoms with van der Waals surface area (Å²) in [5.74, 6) is -1.28. The molecule has 0 unspecified atom stereocenters. The minimum absolute atomic E-state index is 0.0494. The van der Waals surface area contributed by atoms with Crippen molar-refractivity contribution in [3.63, 3.8) is 0 Å². The van der Waals surface area contributed by atoms with E-state index in [0.717, 1.165) is 11.0 Å². The molecule has 3 rings (SSSR count). The third kappa shape index (κ3) is 4.37. The minimum atomic E-state index is -0.968. The molecule has 0 saturated carbocycles. The van der Waals surface area contributed by atoms with Crippen LogP contribution in [0.25, 0.3) is 6.08 Å². The highest BCUT2D eigenvalue weighted by atomic mass is 16.6. The van der Waals surface area contributed by atoms with E-state index in [1.54, 1.807) is 26.0 Å². The Bertz CT molecular complexity index is 1090. The van der Waals surface area contributed by atoms with E-state index in [4.69, 9.17) is 9.47 Å². The van der Waals surface area contributed by atoms with E-state index in [0.29, 0.717) is 12.4 Å². The molecule has 4 amide bonds. The maximum atomic E-state index is 13.2. The molecule has 160 valence electrons. The monoisotopic (exact) mass is 425 g/mol. The lowest BCUT2D eigenvalue weighted by Crippen LogP contribution is -2.54. The molecule has 0 radical (unpaired) electrons. The number of imide groups is 2. The van der Waals surface area contributed by atoms with Crippen LogP contribution in [-0.4, -0.2) is 36.0 Å². The van der Waals surface area contributed by atoms with Crippen LogP contribution in [-0.2, 0) is 9.59 Å². The van der Waals surface area contributed by atoms with Gasteiger partial charge in [-0.2, -0.15) is 0 Å². The van der Waals surface area contributed by atoms with Crippen LogP contribution in [0, 0.1) is 10.1 Å². The van der Waals surface area contributed by atoms with Crippen molar-refractivity contribution in [3.05, 3.63) is 63.7 Å². The van der Waals surface area contributed by atoms with Crippen molar-refractivity contribution in [1.82, 2.24) is 5.32 Å². The average Bonchev–Trinajstić information content (AvgIpc) is 2.73. The van der Waals surface area contributed by atoms with Crippen molar-refractivity contribution in [3.8, 4) is 11.5 Å². The second-order valence-electron chi connectivity index (χ2n) is 6.27. The molecule has 0 spiro atoms. The lowest BCUT2D eigenvalue weighted by molar-refractivity contribution is -0.385. The number of nitro groups is 1. The normalized spacial score (nSPS) is 15.1. The molecule has 1 aliphatic heterocycles. The fraction of sp³-hybridized carbons (Fsp3) is 0.190. The van der Waals surface area contributed by atoms with E-state index in [-0.39, 0.29) is 29.3 Å². The quantitative estimate of drug-likeness (QED) is 0.312. The van der Waals surface area contributed by atoms with Gasteiger partial charge in [0, 0.05) is 12.1 Å². The molecule has 31 heavy (non-hydrogen) atoms. The second-order valence-corrected chi connectivity index (χ2v) is 6.27. The third-order valence-corrected chi connectivity index (χ3v) is 4.32. The number of carbonyl (C=O) groups is 3. The number of amides is 4. The van der Waals surface area contributed by atoms with Gasteiger partial charge in [-0.1, -0.05) is 12.1 Å². The van der Waals surface area contributed by atoms with Gasteiger partial charge in [0.2, 0.25) is 0 Å². The van der Waals surface area contributed by atoms with Crippen molar-refractivity contribution in [2.45, 2.75) is 13.8 Å². The molecular formula is C21H19N3O7. The van der Waals surface area contributed by atoms with Gasteiger partial charge in [0.05, 0.1) is 29.4 Å². The summed E-state index contributed by atoms with van der Waals surface area (Å²) in [5, 5.41) is 13.4. The fourth-order valence-electron chi connectivity index (χ4n) is 3.01. The van der Waals surface area contributed by atoms with Crippen molar-refractivity contribution >= 4 is 35.3 Å². The van der Waals surface area contributed by atoms with Crippen LogP contribution < -0.4 is 19.7 Å². The average molecular weight is 425 g/mol. The van der Waals surface area contributed by atoms with Gasteiger partial charge in [0.25, 0.3) is 17.5 Å². The van der Waals surface area contributed by atoms with Crippen LogP contribution in [0.1, 0.15) is 19.4 Å². The first-order valence-electron chi connectivity index (χ1n) is 9.41. The summed E-state index contributed by atoms with van der Waals surface area (Å²) in [6, 6.07) is 9.30. The van der Waals surface area contributed by atoms with Gasteiger partial charge < -0.3 is 9.47 Å². The number of barbiturate groups is 1. The van der Waals surface area contributed by atoms with E-state index >= 15 is 0 Å². The molecule has 10 heteroatoms. The predicted octanol–water partition coefficient (Wildman–Crippen LogP) is 3.06. The predicted molar refractivity (Wildman–Crippen MR) is 111 cm³/mol. The van der Waals surface area contributed by atoms with E-state index in [9.17, 15) is 24.5 Å². The molecule has 1 N–H and O–H groups in total. The number of hydrogen-bond donors (Lipinski definition) is 1. The number of anilines is 1. The Hall–Kier alpha value is -4.21. The molecule has 0 aromatic heterocycles. The lowest BCUT2D eigenvalue weighted by Gasteiger charge is -2.28. The molecular weight excluding hydrogens is 406 g/mol. The molecule has 1 aliphatic rings. The van der Waals surface area contributed by atoms with E-state index in [2.05, 4.69) is 5.32 Å². The summed E-state index contributed by atoms with van der Waals surface area (Å²) in [6.07, 6.45) is 1.09. The third-order valence-electron chi connectivity index (χ3n) is 4.32. The Morgan fingerprint density at radius 3 is 2.45 bits per heavy atom. The van der Waals surface area contributed by atoms with Gasteiger partial charge in [0.15, 0.2) is 0 Å². The zero-order valence-electron chi connectivity index (χ0n) is 16.8. The van der Waals surface area contributed by atoms with Gasteiger partial charge in [-0.15, -0.1) is 0 Å². The number of para-hydroxylation sites is 1. The number of urea groups is 1. The van der Waals surface area contributed by atoms with Gasteiger partial charge in [-0.05, 0) is 38.1 Å². The van der Waals surface area contributed by atoms with E-state index in [1.807, 2.05) is 0 Å². The summed E-state index contributed by atoms with van der Waals surface area (Å²) < 4.78 is 11.0. The van der Waals surface area contributed by atoms with Gasteiger partial charge in [-0.25, -0.2) is 9.69 Å². The number of nitro benzene ring substituents is 1. The van der Waals surface area contributed by atoms with Crippen molar-refractivity contribution < 1.29 is 28.8 Å². The molecule has 1 saturated heterocycles. The number of hydrogen-bond acceptors (Lipinski definition) is 7. The summed E-state index contributed by atoms with van der Waals surface area (Å²) in [7, 11) is 0. The van der Waals surface area contributed by atoms with E-state index in [1.165, 1.54) is 30.3 Å². The van der Waals surface area contributed by atoms with Crippen LogP contribution in [0.4, 0.5) is 16.2 Å².